The monoisotopic (exact) mass is 467 g/mol. The number of hydrogen-bond donors (Lipinski definition) is 2. The lowest BCUT2D eigenvalue weighted by molar-refractivity contribution is -0.144. The quantitative estimate of drug-likeness (QED) is 0.539. The summed E-state index contributed by atoms with van der Waals surface area (Å²) in [4.78, 5) is 24.2. The predicted molar refractivity (Wildman–Crippen MR) is 128 cm³/mol. The number of hydrogen-bond acceptors (Lipinski definition) is 3. The molecule has 0 heterocycles. The maximum atomic E-state index is 13.1. The van der Waals surface area contributed by atoms with E-state index in [4.69, 9.17) is 21.4 Å². The van der Waals surface area contributed by atoms with Gasteiger partial charge in [-0.15, -0.1) is 0 Å². The molecule has 2 aromatic carbocycles. The second kappa shape index (κ2) is 8.05. The highest BCUT2D eigenvalue weighted by atomic mass is 35.5. The van der Waals surface area contributed by atoms with E-state index in [0.717, 1.165) is 23.0 Å². The number of carbonyl (C=O) groups excluding carboxylic acids is 1. The number of aliphatic carboxylic acids is 1. The van der Waals surface area contributed by atoms with Gasteiger partial charge in [0.1, 0.15) is 5.75 Å². The molecule has 0 aliphatic heterocycles. The van der Waals surface area contributed by atoms with E-state index in [-0.39, 0.29) is 11.3 Å². The van der Waals surface area contributed by atoms with E-state index in [1.807, 2.05) is 12.1 Å². The molecule has 5 nitrogen and oxygen atoms in total. The summed E-state index contributed by atoms with van der Waals surface area (Å²) in [5.74, 6) is 0.889. The average molecular weight is 468 g/mol. The van der Waals surface area contributed by atoms with Crippen molar-refractivity contribution >= 4 is 23.5 Å². The highest BCUT2D eigenvalue weighted by Crippen LogP contribution is 2.75. The van der Waals surface area contributed by atoms with Gasteiger partial charge in [-0.3, -0.25) is 4.79 Å². The van der Waals surface area contributed by atoms with Crippen molar-refractivity contribution in [3.63, 3.8) is 0 Å². The zero-order valence-electron chi connectivity index (χ0n) is 19.1. The fraction of sp³-hybridized carbons (Fsp3) is 0.481. The van der Waals surface area contributed by atoms with Crippen molar-refractivity contribution < 1.29 is 19.4 Å². The Kier molecular flexibility index (Phi) is 5.43. The van der Waals surface area contributed by atoms with Crippen LogP contribution in [0.5, 0.6) is 5.75 Å². The van der Waals surface area contributed by atoms with Crippen molar-refractivity contribution in [3.05, 3.63) is 53.1 Å². The van der Waals surface area contributed by atoms with Gasteiger partial charge in [0, 0.05) is 6.54 Å². The molecule has 0 saturated heterocycles. The molecular formula is C27H30ClNO4. The molecule has 0 aromatic heterocycles. The first-order valence-electron chi connectivity index (χ1n) is 11.8. The van der Waals surface area contributed by atoms with Crippen molar-refractivity contribution in [1.82, 2.24) is 5.32 Å². The summed E-state index contributed by atoms with van der Waals surface area (Å²) in [7, 11) is 0. The Balaban J connectivity index is 1.31. The molecule has 0 radical (unpaired) electrons. The second-order valence-electron chi connectivity index (χ2n) is 10.7. The molecule has 5 rings (SSSR count). The molecule has 6 heteroatoms. The van der Waals surface area contributed by atoms with Gasteiger partial charge in [-0.2, -0.15) is 0 Å². The number of carboxylic acids is 1. The number of nitrogens with one attached hydrogen (secondary N) is 1. The number of benzene rings is 2. The van der Waals surface area contributed by atoms with Crippen LogP contribution in [-0.2, 0) is 4.79 Å². The first-order chi connectivity index (χ1) is 15.7. The van der Waals surface area contributed by atoms with Crippen LogP contribution in [0.15, 0.2) is 42.5 Å². The summed E-state index contributed by atoms with van der Waals surface area (Å²) in [6.07, 6.45) is 5.48. The molecular weight excluding hydrogens is 438 g/mol. The largest absolute Gasteiger partial charge is 0.479 e. The van der Waals surface area contributed by atoms with Gasteiger partial charge >= 0.3 is 5.97 Å². The lowest BCUT2D eigenvalue weighted by Crippen LogP contribution is -2.40. The Morgan fingerprint density at radius 1 is 1.15 bits per heavy atom. The first kappa shape index (κ1) is 22.3. The predicted octanol–water partition coefficient (Wildman–Crippen LogP) is 5.81. The number of rotatable bonds is 7. The molecule has 174 valence electrons. The SMILES string of the molecule is CC1CC2(CNC(=O)c3cc(-c4cccc(O[C@@H](C)C(=O)O)c4)ccc3Cl)CC3CC3(C1)C2. The lowest BCUT2D eigenvalue weighted by atomic mass is 9.67. The minimum absolute atomic E-state index is 0.143. The van der Waals surface area contributed by atoms with Gasteiger partial charge in [0.25, 0.3) is 5.91 Å². The molecule has 5 atom stereocenters. The molecule has 2 N–H and O–H groups in total. The van der Waals surface area contributed by atoms with E-state index in [0.29, 0.717) is 28.3 Å². The summed E-state index contributed by atoms with van der Waals surface area (Å²) in [6.45, 7) is 4.56. The molecule has 3 saturated carbocycles. The highest BCUT2D eigenvalue weighted by Gasteiger charge is 2.67. The number of fused-ring (bicyclic) bond motifs is 1. The highest BCUT2D eigenvalue weighted by molar-refractivity contribution is 6.34. The van der Waals surface area contributed by atoms with Crippen LogP contribution in [-0.4, -0.2) is 29.6 Å². The van der Waals surface area contributed by atoms with Gasteiger partial charge in [-0.25, -0.2) is 4.79 Å². The fourth-order valence-corrected chi connectivity index (χ4v) is 6.92. The van der Waals surface area contributed by atoms with Crippen molar-refractivity contribution in [2.75, 3.05) is 6.54 Å². The maximum Gasteiger partial charge on any atom is 0.344 e. The Morgan fingerprint density at radius 3 is 2.73 bits per heavy atom. The molecule has 4 unspecified atom stereocenters. The van der Waals surface area contributed by atoms with Crippen LogP contribution in [0.25, 0.3) is 11.1 Å². The average Bonchev–Trinajstić information content (AvgIpc) is 3.33. The van der Waals surface area contributed by atoms with Gasteiger partial charge < -0.3 is 15.2 Å². The standard InChI is InChI=1S/C27H30ClNO4/c1-16-10-26(12-20-13-27(20,11-16)14-26)15-29-24(30)22-9-19(6-7-23(22)28)18-4-3-5-21(8-18)33-17(2)25(31)32/h3-9,16-17,20H,10-15H2,1-2H3,(H,29,30)(H,31,32)/t16?,17-,20?,26?,27?/m0/s1. The smallest absolute Gasteiger partial charge is 0.344 e. The van der Waals surface area contributed by atoms with Crippen LogP contribution in [0.4, 0.5) is 0 Å². The first-order valence-corrected chi connectivity index (χ1v) is 12.1. The summed E-state index contributed by atoms with van der Waals surface area (Å²) in [5, 5.41) is 12.7. The summed E-state index contributed by atoms with van der Waals surface area (Å²) < 4.78 is 5.49. The zero-order valence-corrected chi connectivity index (χ0v) is 19.8. The topological polar surface area (TPSA) is 75.6 Å². The van der Waals surface area contributed by atoms with E-state index in [2.05, 4.69) is 12.2 Å². The molecule has 3 fully saturated rings. The van der Waals surface area contributed by atoms with Crippen molar-refractivity contribution in [2.45, 2.75) is 52.1 Å². The lowest BCUT2D eigenvalue weighted by Gasteiger charge is -2.40. The van der Waals surface area contributed by atoms with E-state index in [1.54, 1.807) is 30.3 Å². The summed E-state index contributed by atoms with van der Waals surface area (Å²) in [5.41, 5.74) is 2.92. The molecule has 33 heavy (non-hydrogen) atoms. The number of halogens is 1. The zero-order chi connectivity index (χ0) is 23.4. The van der Waals surface area contributed by atoms with E-state index in [1.165, 1.54) is 39.0 Å². The minimum Gasteiger partial charge on any atom is -0.479 e. The van der Waals surface area contributed by atoms with Gasteiger partial charge in [0.15, 0.2) is 6.10 Å². The molecule has 1 amide bonds. The van der Waals surface area contributed by atoms with Gasteiger partial charge in [0.05, 0.1) is 10.6 Å². The third-order valence-electron chi connectivity index (χ3n) is 7.96. The minimum atomic E-state index is -1.02. The molecule has 1 spiro atoms. The van der Waals surface area contributed by atoms with Crippen molar-refractivity contribution in [1.29, 1.82) is 0 Å². The second-order valence-corrected chi connectivity index (χ2v) is 11.1. The van der Waals surface area contributed by atoms with Crippen molar-refractivity contribution in [3.8, 4) is 16.9 Å². The van der Waals surface area contributed by atoms with E-state index in [9.17, 15) is 9.59 Å². The molecule has 3 aliphatic rings. The molecule has 3 aliphatic carbocycles. The Morgan fingerprint density at radius 2 is 1.94 bits per heavy atom. The number of amides is 1. The maximum absolute atomic E-state index is 13.1. The Hall–Kier alpha value is -2.53. The number of carboxylic acid groups (broad SMARTS) is 1. The summed E-state index contributed by atoms with van der Waals surface area (Å²) in [6, 6.07) is 12.6. The van der Waals surface area contributed by atoms with Crippen LogP contribution in [0.3, 0.4) is 0 Å². The van der Waals surface area contributed by atoms with Crippen LogP contribution in [0.1, 0.15) is 56.3 Å². The van der Waals surface area contributed by atoms with E-state index >= 15 is 0 Å². The number of ether oxygens (including phenoxy) is 1. The Labute approximate surface area is 199 Å². The van der Waals surface area contributed by atoms with Gasteiger partial charge in [-0.05, 0) is 97.1 Å². The normalized spacial score (nSPS) is 30.3. The van der Waals surface area contributed by atoms with Crippen LogP contribution in [0.2, 0.25) is 5.02 Å². The molecule has 2 bridgehead atoms. The third-order valence-corrected chi connectivity index (χ3v) is 8.29. The van der Waals surface area contributed by atoms with Crippen LogP contribution >= 0.6 is 11.6 Å². The van der Waals surface area contributed by atoms with Gasteiger partial charge in [0.2, 0.25) is 0 Å². The van der Waals surface area contributed by atoms with Crippen LogP contribution < -0.4 is 10.1 Å². The summed E-state index contributed by atoms with van der Waals surface area (Å²) >= 11 is 6.41. The fourth-order valence-electron chi connectivity index (χ4n) is 6.71. The van der Waals surface area contributed by atoms with Crippen molar-refractivity contribution in [2.24, 2.45) is 22.7 Å². The van der Waals surface area contributed by atoms with E-state index < -0.39 is 12.1 Å². The number of carbonyl (C=O) groups is 2. The Bertz CT molecular complexity index is 1110. The van der Waals surface area contributed by atoms with Crippen LogP contribution in [0, 0.1) is 22.7 Å². The molecule has 2 aromatic rings. The third kappa shape index (κ3) is 4.23. The van der Waals surface area contributed by atoms with Gasteiger partial charge in [-0.1, -0.05) is 36.7 Å².